The Bertz CT molecular complexity index is 380. The number of rotatable bonds is 4. The molecule has 1 aliphatic rings. The normalized spacial score (nSPS) is 28.2. The summed E-state index contributed by atoms with van der Waals surface area (Å²) in [6.45, 7) is 3.05. The van der Waals surface area contributed by atoms with E-state index in [1.165, 1.54) is 37.7 Å². The standard InChI is InChI=1S/C16H25NO/c1-2-13-6-8-16(12-17,9-7-13)11-14-4-3-5-15(18)10-14/h3-5,10,13,18H,2,6-9,11-12,17H2,1H3. The molecule has 0 aromatic heterocycles. The lowest BCUT2D eigenvalue weighted by atomic mass is 9.67. The molecule has 1 aromatic rings. The Hall–Kier alpha value is -1.02. The topological polar surface area (TPSA) is 46.2 Å². The van der Waals surface area contributed by atoms with Gasteiger partial charge >= 0.3 is 0 Å². The van der Waals surface area contributed by atoms with Crippen LogP contribution in [0.2, 0.25) is 0 Å². The van der Waals surface area contributed by atoms with E-state index >= 15 is 0 Å². The van der Waals surface area contributed by atoms with E-state index < -0.39 is 0 Å². The summed E-state index contributed by atoms with van der Waals surface area (Å²) in [4.78, 5) is 0. The maximum atomic E-state index is 9.55. The molecule has 0 bridgehead atoms. The Kier molecular flexibility index (Phi) is 4.28. The van der Waals surface area contributed by atoms with Gasteiger partial charge in [-0.3, -0.25) is 0 Å². The zero-order valence-electron chi connectivity index (χ0n) is 11.4. The summed E-state index contributed by atoms with van der Waals surface area (Å²) in [5.41, 5.74) is 7.53. The summed E-state index contributed by atoms with van der Waals surface area (Å²) in [5, 5.41) is 9.55. The van der Waals surface area contributed by atoms with Gasteiger partial charge in [0.15, 0.2) is 0 Å². The van der Waals surface area contributed by atoms with Crippen LogP contribution >= 0.6 is 0 Å². The van der Waals surface area contributed by atoms with Gasteiger partial charge in [-0.05, 0) is 67.7 Å². The summed E-state index contributed by atoms with van der Waals surface area (Å²) < 4.78 is 0. The number of nitrogens with two attached hydrogens (primary N) is 1. The van der Waals surface area contributed by atoms with Crippen LogP contribution in [0.1, 0.15) is 44.6 Å². The van der Waals surface area contributed by atoms with Gasteiger partial charge in [-0.25, -0.2) is 0 Å². The number of aromatic hydroxyl groups is 1. The van der Waals surface area contributed by atoms with Gasteiger partial charge in [-0.15, -0.1) is 0 Å². The van der Waals surface area contributed by atoms with Crippen LogP contribution in [-0.2, 0) is 6.42 Å². The lowest BCUT2D eigenvalue weighted by molar-refractivity contribution is 0.153. The van der Waals surface area contributed by atoms with E-state index in [4.69, 9.17) is 5.73 Å². The van der Waals surface area contributed by atoms with Crippen LogP contribution in [0.15, 0.2) is 24.3 Å². The third-order valence-corrected chi connectivity index (χ3v) is 4.67. The van der Waals surface area contributed by atoms with Crippen molar-refractivity contribution in [1.82, 2.24) is 0 Å². The van der Waals surface area contributed by atoms with Crippen LogP contribution in [0, 0.1) is 11.3 Å². The van der Waals surface area contributed by atoms with Crippen molar-refractivity contribution in [3.63, 3.8) is 0 Å². The molecule has 2 nitrogen and oxygen atoms in total. The Morgan fingerprint density at radius 1 is 1.33 bits per heavy atom. The first kappa shape index (κ1) is 13.4. The van der Waals surface area contributed by atoms with Crippen molar-refractivity contribution < 1.29 is 5.11 Å². The first-order valence-corrected chi connectivity index (χ1v) is 7.15. The first-order valence-electron chi connectivity index (χ1n) is 7.15. The van der Waals surface area contributed by atoms with Crippen LogP contribution in [0.25, 0.3) is 0 Å². The molecule has 2 rings (SSSR count). The van der Waals surface area contributed by atoms with Gasteiger partial charge in [0, 0.05) is 0 Å². The van der Waals surface area contributed by atoms with Crippen molar-refractivity contribution in [2.75, 3.05) is 6.54 Å². The highest BCUT2D eigenvalue weighted by Gasteiger charge is 2.33. The van der Waals surface area contributed by atoms with Crippen LogP contribution in [-0.4, -0.2) is 11.7 Å². The van der Waals surface area contributed by atoms with Crippen molar-refractivity contribution >= 4 is 0 Å². The first-order chi connectivity index (χ1) is 8.67. The number of hydrogen-bond donors (Lipinski definition) is 2. The highest BCUT2D eigenvalue weighted by molar-refractivity contribution is 5.28. The predicted octanol–water partition coefficient (Wildman–Crippen LogP) is 3.48. The van der Waals surface area contributed by atoms with Crippen molar-refractivity contribution in [2.45, 2.75) is 45.4 Å². The highest BCUT2D eigenvalue weighted by atomic mass is 16.3. The molecule has 3 N–H and O–H groups in total. The SMILES string of the molecule is CCC1CCC(CN)(Cc2cccc(O)c2)CC1. The molecule has 1 aliphatic carbocycles. The summed E-state index contributed by atoms with van der Waals surface area (Å²) >= 11 is 0. The molecule has 2 heteroatoms. The molecule has 1 saturated carbocycles. The van der Waals surface area contributed by atoms with Crippen molar-refractivity contribution in [3.05, 3.63) is 29.8 Å². The van der Waals surface area contributed by atoms with E-state index in [9.17, 15) is 5.11 Å². The maximum absolute atomic E-state index is 9.55. The Balaban J connectivity index is 2.05. The minimum absolute atomic E-state index is 0.263. The molecular formula is C16H25NO. The van der Waals surface area contributed by atoms with Crippen LogP contribution in [0.5, 0.6) is 5.75 Å². The average Bonchev–Trinajstić information content (AvgIpc) is 2.39. The molecule has 0 amide bonds. The average molecular weight is 247 g/mol. The third kappa shape index (κ3) is 3.05. The number of hydrogen-bond acceptors (Lipinski definition) is 2. The van der Waals surface area contributed by atoms with Gasteiger partial charge in [-0.2, -0.15) is 0 Å². The number of phenols is 1. The molecule has 0 aliphatic heterocycles. The van der Waals surface area contributed by atoms with E-state index in [1.54, 1.807) is 6.07 Å². The fourth-order valence-corrected chi connectivity index (χ4v) is 3.25. The summed E-state index contributed by atoms with van der Waals surface area (Å²) in [7, 11) is 0. The summed E-state index contributed by atoms with van der Waals surface area (Å²) in [6.07, 6.45) is 7.40. The van der Waals surface area contributed by atoms with Crippen molar-refractivity contribution in [2.24, 2.45) is 17.1 Å². The predicted molar refractivity (Wildman–Crippen MR) is 75.5 cm³/mol. The van der Waals surface area contributed by atoms with Crippen LogP contribution in [0.3, 0.4) is 0 Å². The van der Waals surface area contributed by atoms with Crippen LogP contribution in [0.4, 0.5) is 0 Å². The monoisotopic (exact) mass is 247 g/mol. The molecule has 18 heavy (non-hydrogen) atoms. The van der Waals surface area contributed by atoms with Gasteiger partial charge in [0.2, 0.25) is 0 Å². The highest BCUT2D eigenvalue weighted by Crippen LogP contribution is 2.41. The second-order valence-corrected chi connectivity index (χ2v) is 5.90. The third-order valence-electron chi connectivity index (χ3n) is 4.67. The zero-order chi connectivity index (χ0) is 13.0. The van der Waals surface area contributed by atoms with Gasteiger partial charge in [0.05, 0.1) is 0 Å². The quantitative estimate of drug-likeness (QED) is 0.855. The Labute approximate surface area is 110 Å². The Morgan fingerprint density at radius 3 is 2.61 bits per heavy atom. The lowest BCUT2D eigenvalue weighted by Gasteiger charge is -2.39. The molecule has 100 valence electrons. The number of phenolic OH excluding ortho intramolecular Hbond substituents is 1. The minimum atomic E-state index is 0.263. The fourth-order valence-electron chi connectivity index (χ4n) is 3.25. The van der Waals surface area contributed by atoms with E-state index in [0.717, 1.165) is 18.9 Å². The fraction of sp³-hybridized carbons (Fsp3) is 0.625. The minimum Gasteiger partial charge on any atom is -0.508 e. The van der Waals surface area contributed by atoms with Gasteiger partial charge < -0.3 is 10.8 Å². The molecule has 1 aromatic carbocycles. The number of benzene rings is 1. The van der Waals surface area contributed by atoms with Crippen LogP contribution < -0.4 is 5.73 Å². The summed E-state index contributed by atoms with van der Waals surface area (Å²) in [5.74, 6) is 1.26. The maximum Gasteiger partial charge on any atom is 0.115 e. The summed E-state index contributed by atoms with van der Waals surface area (Å²) in [6, 6.07) is 7.63. The van der Waals surface area contributed by atoms with Gasteiger partial charge in [-0.1, -0.05) is 25.5 Å². The molecule has 0 atom stereocenters. The molecule has 0 heterocycles. The molecule has 0 radical (unpaired) electrons. The Morgan fingerprint density at radius 2 is 2.06 bits per heavy atom. The van der Waals surface area contributed by atoms with E-state index in [2.05, 4.69) is 13.0 Å². The zero-order valence-corrected chi connectivity index (χ0v) is 11.4. The van der Waals surface area contributed by atoms with E-state index in [-0.39, 0.29) is 5.41 Å². The largest absolute Gasteiger partial charge is 0.508 e. The smallest absolute Gasteiger partial charge is 0.115 e. The second kappa shape index (κ2) is 5.75. The van der Waals surface area contributed by atoms with E-state index in [0.29, 0.717) is 5.75 Å². The molecule has 1 fully saturated rings. The molecule has 0 unspecified atom stereocenters. The van der Waals surface area contributed by atoms with E-state index in [1.807, 2.05) is 12.1 Å². The molecule has 0 spiro atoms. The van der Waals surface area contributed by atoms with Crippen molar-refractivity contribution in [1.29, 1.82) is 0 Å². The lowest BCUT2D eigenvalue weighted by Crippen LogP contribution is -2.36. The van der Waals surface area contributed by atoms with Gasteiger partial charge in [0.25, 0.3) is 0 Å². The van der Waals surface area contributed by atoms with Crippen molar-refractivity contribution in [3.8, 4) is 5.75 Å². The molecule has 0 saturated heterocycles. The second-order valence-electron chi connectivity index (χ2n) is 5.90. The van der Waals surface area contributed by atoms with Gasteiger partial charge in [0.1, 0.15) is 5.75 Å². The molecular weight excluding hydrogens is 222 g/mol.